The van der Waals surface area contributed by atoms with Crippen molar-refractivity contribution >= 4 is 5.78 Å². The first-order valence-electron chi connectivity index (χ1n) is 4.85. The maximum atomic E-state index is 13.3. The molecule has 0 aromatic carbocycles. The number of halogens is 1. The highest BCUT2D eigenvalue weighted by Crippen LogP contribution is 2.32. The Morgan fingerprint density at radius 1 is 1.17 bits per heavy atom. The molecule has 2 heteroatoms. The first kappa shape index (κ1) is 11.6. The summed E-state index contributed by atoms with van der Waals surface area (Å²) in [7, 11) is 0. The first-order chi connectivity index (χ1) is 5.65. The van der Waals surface area contributed by atoms with Gasteiger partial charge in [0.2, 0.25) is 0 Å². The number of hydrogen-bond donors (Lipinski definition) is 0. The van der Waals surface area contributed by atoms with Crippen LogP contribution in [-0.2, 0) is 4.79 Å². The number of hydrogen-bond acceptors (Lipinski definition) is 1. The topological polar surface area (TPSA) is 17.1 Å². The van der Waals surface area contributed by atoms with Crippen LogP contribution in [0.4, 0.5) is 4.39 Å². The number of Topliss-reactive ketones (excluding diaryl/α,β-unsaturated/α-hetero) is 1. The highest BCUT2D eigenvalue weighted by Gasteiger charge is 2.36. The molecule has 0 heterocycles. The van der Waals surface area contributed by atoms with Gasteiger partial charge in [0.25, 0.3) is 0 Å². The summed E-state index contributed by atoms with van der Waals surface area (Å²) in [6, 6.07) is 0. The zero-order chi connectivity index (χ0) is 9.61. The van der Waals surface area contributed by atoms with E-state index in [0.717, 1.165) is 19.3 Å². The van der Waals surface area contributed by atoms with Crippen LogP contribution in [0, 0.1) is 0 Å². The second-order valence-electron chi connectivity index (χ2n) is 3.08. The van der Waals surface area contributed by atoms with Gasteiger partial charge in [-0.2, -0.15) is 0 Å². The summed E-state index contributed by atoms with van der Waals surface area (Å²) in [5.74, 6) is -0.285. The van der Waals surface area contributed by atoms with Gasteiger partial charge >= 0.3 is 0 Å². The Labute approximate surface area is 74.4 Å². The Morgan fingerprint density at radius 3 is 1.83 bits per heavy atom. The smallest absolute Gasteiger partial charge is 0.168 e. The lowest BCUT2D eigenvalue weighted by Gasteiger charge is -2.26. The molecular weight excluding hydrogens is 155 g/mol. The van der Waals surface area contributed by atoms with Crippen LogP contribution in [-0.4, -0.2) is 11.5 Å². The predicted octanol–water partition coefficient (Wildman–Crippen LogP) is 3.27. The molecule has 12 heavy (non-hydrogen) atoms. The van der Waals surface area contributed by atoms with E-state index in [4.69, 9.17) is 0 Å². The zero-order valence-electron chi connectivity index (χ0n) is 8.32. The number of carbonyl (C=O) groups excluding carboxylic acids is 1. The second kappa shape index (κ2) is 5.28. The van der Waals surface area contributed by atoms with E-state index < -0.39 is 5.67 Å². The minimum atomic E-state index is -1.46. The summed E-state index contributed by atoms with van der Waals surface area (Å²) in [4.78, 5) is 10.7. The van der Waals surface area contributed by atoms with Crippen LogP contribution in [0.25, 0.3) is 0 Å². The van der Waals surface area contributed by atoms with E-state index in [1.165, 1.54) is 6.92 Å². The molecule has 0 spiro atoms. The Morgan fingerprint density at radius 2 is 1.58 bits per heavy atom. The summed E-state index contributed by atoms with van der Waals surface area (Å²) < 4.78 is 13.3. The van der Waals surface area contributed by atoms with E-state index in [1.807, 2.05) is 13.8 Å². The van der Waals surface area contributed by atoms with Crippen molar-refractivity contribution in [1.29, 1.82) is 0 Å². The van der Waals surface area contributed by atoms with E-state index in [2.05, 4.69) is 0 Å². The molecule has 1 fully saturated rings. The SMILES string of the molecule is CC.CC(=O)C1(F)CCCCC1. The Hall–Kier alpha value is -0.400. The van der Waals surface area contributed by atoms with E-state index in [1.54, 1.807) is 0 Å². The molecule has 0 aliphatic heterocycles. The molecule has 0 radical (unpaired) electrons. The van der Waals surface area contributed by atoms with Crippen molar-refractivity contribution in [2.45, 2.75) is 58.5 Å². The van der Waals surface area contributed by atoms with Crippen molar-refractivity contribution in [3.05, 3.63) is 0 Å². The summed E-state index contributed by atoms with van der Waals surface area (Å²) in [6.45, 7) is 5.35. The van der Waals surface area contributed by atoms with E-state index >= 15 is 0 Å². The van der Waals surface area contributed by atoms with Gasteiger partial charge in [-0.05, 0) is 32.6 Å². The summed E-state index contributed by atoms with van der Waals surface area (Å²) in [6.07, 6.45) is 3.72. The van der Waals surface area contributed by atoms with E-state index in [9.17, 15) is 9.18 Å². The van der Waals surface area contributed by atoms with Crippen molar-refractivity contribution in [1.82, 2.24) is 0 Å². The summed E-state index contributed by atoms with van der Waals surface area (Å²) in [5.41, 5.74) is -1.46. The molecule has 0 unspecified atom stereocenters. The van der Waals surface area contributed by atoms with Gasteiger partial charge in [0, 0.05) is 0 Å². The Kier molecular flexibility index (Phi) is 5.11. The average Bonchev–Trinajstić information content (AvgIpc) is 2.09. The quantitative estimate of drug-likeness (QED) is 0.596. The Bertz CT molecular complexity index is 137. The number of carbonyl (C=O) groups is 1. The highest BCUT2D eigenvalue weighted by molar-refractivity contribution is 5.84. The third kappa shape index (κ3) is 2.92. The van der Waals surface area contributed by atoms with Gasteiger partial charge in [0.1, 0.15) is 0 Å². The maximum Gasteiger partial charge on any atom is 0.168 e. The molecule has 0 amide bonds. The number of rotatable bonds is 1. The molecule has 1 saturated carbocycles. The van der Waals surface area contributed by atoms with Crippen LogP contribution in [0.2, 0.25) is 0 Å². The van der Waals surface area contributed by atoms with Crippen LogP contribution in [0.5, 0.6) is 0 Å². The lowest BCUT2D eigenvalue weighted by Crippen LogP contribution is -2.33. The van der Waals surface area contributed by atoms with Gasteiger partial charge in [-0.15, -0.1) is 0 Å². The third-order valence-corrected chi connectivity index (χ3v) is 2.28. The third-order valence-electron chi connectivity index (χ3n) is 2.28. The van der Waals surface area contributed by atoms with Crippen LogP contribution in [0.3, 0.4) is 0 Å². The molecule has 0 saturated heterocycles. The first-order valence-corrected chi connectivity index (χ1v) is 4.85. The van der Waals surface area contributed by atoms with Crippen LogP contribution in [0.1, 0.15) is 52.9 Å². The highest BCUT2D eigenvalue weighted by atomic mass is 19.1. The normalized spacial score (nSPS) is 20.7. The van der Waals surface area contributed by atoms with Crippen LogP contribution in [0.15, 0.2) is 0 Å². The molecule has 1 nitrogen and oxygen atoms in total. The van der Waals surface area contributed by atoms with Crippen molar-refractivity contribution in [3.8, 4) is 0 Å². The summed E-state index contributed by atoms with van der Waals surface area (Å²) in [5, 5.41) is 0. The van der Waals surface area contributed by atoms with Gasteiger partial charge in [-0.1, -0.05) is 20.3 Å². The minimum absolute atomic E-state index is 0.285. The molecule has 0 bridgehead atoms. The zero-order valence-corrected chi connectivity index (χ0v) is 8.32. The molecule has 1 rings (SSSR count). The summed E-state index contributed by atoms with van der Waals surface area (Å²) >= 11 is 0. The number of alkyl halides is 1. The van der Waals surface area contributed by atoms with Crippen LogP contribution >= 0.6 is 0 Å². The van der Waals surface area contributed by atoms with Gasteiger partial charge in [-0.3, -0.25) is 4.79 Å². The van der Waals surface area contributed by atoms with Gasteiger partial charge in [-0.25, -0.2) is 4.39 Å². The largest absolute Gasteiger partial charge is 0.296 e. The molecule has 1 aliphatic carbocycles. The molecular formula is C10H19FO. The van der Waals surface area contributed by atoms with Gasteiger partial charge < -0.3 is 0 Å². The molecule has 0 aromatic heterocycles. The fraction of sp³-hybridized carbons (Fsp3) is 0.900. The van der Waals surface area contributed by atoms with Crippen LogP contribution < -0.4 is 0 Å². The van der Waals surface area contributed by atoms with Crippen molar-refractivity contribution in [3.63, 3.8) is 0 Å². The lowest BCUT2D eigenvalue weighted by atomic mass is 9.84. The molecule has 0 aromatic rings. The molecule has 0 atom stereocenters. The predicted molar refractivity (Wildman–Crippen MR) is 49.0 cm³/mol. The van der Waals surface area contributed by atoms with Crippen molar-refractivity contribution in [2.24, 2.45) is 0 Å². The molecule has 72 valence electrons. The van der Waals surface area contributed by atoms with E-state index in [0.29, 0.717) is 12.8 Å². The van der Waals surface area contributed by atoms with Crippen molar-refractivity contribution < 1.29 is 9.18 Å². The average molecular weight is 174 g/mol. The second-order valence-corrected chi connectivity index (χ2v) is 3.08. The molecule has 0 N–H and O–H groups in total. The number of ketones is 1. The monoisotopic (exact) mass is 174 g/mol. The maximum absolute atomic E-state index is 13.3. The van der Waals surface area contributed by atoms with Gasteiger partial charge in [0.15, 0.2) is 11.5 Å². The Balaban J connectivity index is 0.000000561. The van der Waals surface area contributed by atoms with Gasteiger partial charge in [0.05, 0.1) is 0 Å². The molecule has 1 aliphatic rings. The minimum Gasteiger partial charge on any atom is -0.296 e. The fourth-order valence-electron chi connectivity index (χ4n) is 1.46. The van der Waals surface area contributed by atoms with E-state index in [-0.39, 0.29) is 5.78 Å². The fourth-order valence-corrected chi connectivity index (χ4v) is 1.46. The lowest BCUT2D eigenvalue weighted by molar-refractivity contribution is -0.130. The standard InChI is InChI=1S/C8H13FO.C2H6/c1-7(10)8(9)5-3-2-4-6-8;1-2/h2-6H2,1H3;1-2H3. The van der Waals surface area contributed by atoms with Crippen molar-refractivity contribution in [2.75, 3.05) is 0 Å².